The SMILES string of the molecule is CC(=O)NC1Cc2ccc(OC3=CNC4=NC=C(C(=O)NC(C)C)C4P3)cc2C1. The maximum absolute atomic E-state index is 12.4. The van der Waals surface area contributed by atoms with Crippen molar-refractivity contribution in [2.45, 2.75) is 51.4 Å². The number of hydrogen-bond donors (Lipinski definition) is 3. The van der Waals surface area contributed by atoms with Gasteiger partial charge in [-0.1, -0.05) is 6.07 Å². The molecule has 0 radical (unpaired) electrons. The van der Waals surface area contributed by atoms with Crippen LogP contribution < -0.4 is 20.7 Å². The van der Waals surface area contributed by atoms with Crippen molar-refractivity contribution in [2.75, 3.05) is 0 Å². The van der Waals surface area contributed by atoms with E-state index in [0.717, 1.165) is 29.9 Å². The molecule has 4 rings (SSSR count). The molecule has 0 fully saturated rings. The van der Waals surface area contributed by atoms with Crippen molar-refractivity contribution in [3.8, 4) is 5.75 Å². The first-order valence-electron chi connectivity index (χ1n) is 9.77. The molecular formula is C21H25N4O3P. The number of fused-ring (bicyclic) bond motifs is 2. The number of carbonyl (C=O) groups is 2. The van der Waals surface area contributed by atoms with Crippen LogP contribution in [0.5, 0.6) is 5.75 Å². The summed E-state index contributed by atoms with van der Waals surface area (Å²) >= 11 is 0. The molecule has 0 aromatic heterocycles. The Morgan fingerprint density at radius 2 is 2.07 bits per heavy atom. The van der Waals surface area contributed by atoms with Crippen molar-refractivity contribution in [2.24, 2.45) is 4.99 Å². The highest BCUT2D eigenvalue weighted by Crippen LogP contribution is 2.40. The van der Waals surface area contributed by atoms with Crippen LogP contribution in [0.15, 0.2) is 46.7 Å². The minimum atomic E-state index is -0.0904. The highest BCUT2D eigenvalue weighted by Gasteiger charge is 2.34. The van der Waals surface area contributed by atoms with Crippen molar-refractivity contribution in [3.05, 3.63) is 52.8 Å². The lowest BCUT2D eigenvalue weighted by atomic mass is 10.1. The fourth-order valence-electron chi connectivity index (χ4n) is 3.79. The fourth-order valence-corrected chi connectivity index (χ4v) is 5.07. The number of amides is 2. The number of aliphatic imine (C=N–C) groups is 1. The molecule has 29 heavy (non-hydrogen) atoms. The summed E-state index contributed by atoms with van der Waals surface area (Å²) in [5.41, 5.74) is 3.81. The molecular weight excluding hydrogens is 387 g/mol. The predicted octanol–water partition coefficient (Wildman–Crippen LogP) is 1.94. The van der Waals surface area contributed by atoms with E-state index < -0.39 is 0 Å². The molecule has 0 spiro atoms. The van der Waals surface area contributed by atoms with Crippen LogP contribution in [-0.2, 0) is 22.4 Å². The lowest BCUT2D eigenvalue weighted by molar-refractivity contribution is -0.119. The molecule has 3 unspecified atom stereocenters. The third-order valence-electron chi connectivity index (χ3n) is 4.99. The quantitative estimate of drug-likeness (QED) is 0.645. The van der Waals surface area contributed by atoms with Crippen LogP contribution >= 0.6 is 8.58 Å². The van der Waals surface area contributed by atoms with E-state index >= 15 is 0 Å². The third kappa shape index (κ3) is 4.35. The number of benzene rings is 1. The minimum absolute atomic E-state index is 0.00157. The highest BCUT2D eigenvalue weighted by molar-refractivity contribution is 7.45. The van der Waals surface area contributed by atoms with Gasteiger partial charge in [0.2, 0.25) is 11.8 Å². The van der Waals surface area contributed by atoms with E-state index in [-0.39, 0.29) is 38.1 Å². The van der Waals surface area contributed by atoms with E-state index in [0.29, 0.717) is 5.57 Å². The molecule has 1 aliphatic carbocycles. The monoisotopic (exact) mass is 412 g/mol. The average molecular weight is 412 g/mol. The number of ether oxygens (including phenoxy) is 1. The Balaban J connectivity index is 1.42. The molecule has 0 bridgehead atoms. The summed E-state index contributed by atoms with van der Waals surface area (Å²) in [6, 6.07) is 6.30. The Kier molecular flexibility index (Phi) is 5.41. The van der Waals surface area contributed by atoms with E-state index in [9.17, 15) is 9.59 Å². The van der Waals surface area contributed by atoms with Crippen LogP contribution in [0.4, 0.5) is 0 Å². The van der Waals surface area contributed by atoms with Crippen molar-refractivity contribution >= 4 is 26.2 Å². The maximum Gasteiger partial charge on any atom is 0.250 e. The lowest BCUT2D eigenvalue weighted by Gasteiger charge is -2.24. The molecule has 1 aromatic carbocycles. The van der Waals surface area contributed by atoms with Crippen molar-refractivity contribution in [1.82, 2.24) is 16.0 Å². The number of amidine groups is 1. The predicted molar refractivity (Wildman–Crippen MR) is 114 cm³/mol. The Labute approximate surface area is 171 Å². The van der Waals surface area contributed by atoms with Gasteiger partial charge in [-0.3, -0.25) is 9.59 Å². The number of carbonyl (C=O) groups excluding carboxylic acids is 2. The number of nitrogens with one attached hydrogen (secondary N) is 3. The first kappa shape index (κ1) is 19.6. The summed E-state index contributed by atoms with van der Waals surface area (Å²) in [5, 5.41) is 9.08. The topological polar surface area (TPSA) is 91.8 Å². The van der Waals surface area contributed by atoms with Crippen molar-refractivity contribution in [1.29, 1.82) is 0 Å². The average Bonchev–Trinajstić information content (AvgIpc) is 3.23. The van der Waals surface area contributed by atoms with Gasteiger partial charge >= 0.3 is 0 Å². The van der Waals surface area contributed by atoms with E-state index in [4.69, 9.17) is 4.74 Å². The molecule has 0 saturated heterocycles. The van der Waals surface area contributed by atoms with Crippen LogP contribution in [0.25, 0.3) is 0 Å². The third-order valence-corrected chi connectivity index (χ3v) is 6.40. The number of hydrogen-bond acceptors (Lipinski definition) is 5. The molecule has 0 saturated carbocycles. The van der Waals surface area contributed by atoms with Gasteiger partial charge in [-0.2, -0.15) is 0 Å². The van der Waals surface area contributed by atoms with E-state index in [2.05, 4.69) is 27.0 Å². The summed E-state index contributed by atoms with van der Waals surface area (Å²) in [7, 11) is 0.283. The van der Waals surface area contributed by atoms with Crippen LogP contribution in [0.3, 0.4) is 0 Å². The van der Waals surface area contributed by atoms with Gasteiger partial charge < -0.3 is 20.7 Å². The standard InChI is InChI=1S/C21H25N4O3P/c1-11(2)24-21(27)17-9-22-20-19(17)29-18(10-23-20)28-16-5-4-13-6-15(25-12(3)26)7-14(13)8-16/h4-5,8-11,15,19,29H,6-7H2,1-3H3,(H,22,23)(H,24,27)(H,25,26). The van der Waals surface area contributed by atoms with Crippen LogP contribution in [0.1, 0.15) is 31.9 Å². The second kappa shape index (κ2) is 7.99. The Bertz CT molecular complexity index is 951. The zero-order valence-electron chi connectivity index (χ0n) is 16.7. The van der Waals surface area contributed by atoms with Gasteiger partial charge in [-0.15, -0.1) is 0 Å². The molecule has 3 N–H and O–H groups in total. The summed E-state index contributed by atoms with van der Waals surface area (Å²) in [6.07, 6.45) is 5.12. The zero-order valence-corrected chi connectivity index (χ0v) is 17.7. The van der Waals surface area contributed by atoms with E-state index in [1.807, 2.05) is 32.2 Å². The molecule has 3 atom stereocenters. The highest BCUT2D eigenvalue weighted by atomic mass is 31.1. The summed E-state index contributed by atoms with van der Waals surface area (Å²) in [4.78, 5) is 28.1. The summed E-state index contributed by atoms with van der Waals surface area (Å²) in [5.74, 6) is 1.47. The molecule has 152 valence electrons. The van der Waals surface area contributed by atoms with Gasteiger partial charge in [0.05, 0.1) is 11.2 Å². The fraction of sp³-hybridized carbons (Fsp3) is 0.381. The molecule has 7 nitrogen and oxygen atoms in total. The zero-order chi connectivity index (χ0) is 20.5. The minimum Gasteiger partial charge on any atom is -0.456 e. The second-order valence-electron chi connectivity index (χ2n) is 7.80. The number of rotatable bonds is 5. The lowest BCUT2D eigenvalue weighted by Crippen LogP contribution is -2.38. The molecule has 2 heterocycles. The molecule has 2 aliphatic heterocycles. The molecule has 2 amide bonds. The second-order valence-corrected chi connectivity index (χ2v) is 9.15. The normalized spacial score (nSPS) is 22.8. The van der Waals surface area contributed by atoms with Gasteiger partial charge in [0, 0.05) is 31.4 Å². The first-order chi connectivity index (χ1) is 13.9. The summed E-state index contributed by atoms with van der Waals surface area (Å²) < 4.78 is 6.12. The van der Waals surface area contributed by atoms with Crippen LogP contribution in [-0.4, -0.2) is 35.4 Å². The van der Waals surface area contributed by atoms with Crippen molar-refractivity contribution in [3.63, 3.8) is 0 Å². The van der Waals surface area contributed by atoms with Gasteiger partial charge in [0.1, 0.15) is 17.1 Å². The van der Waals surface area contributed by atoms with Crippen LogP contribution in [0.2, 0.25) is 0 Å². The van der Waals surface area contributed by atoms with Gasteiger partial charge in [0.15, 0.2) is 0 Å². The van der Waals surface area contributed by atoms with Crippen LogP contribution in [0, 0.1) is 0 Å². The molecule has 1 aromatic rings. The molecule has 8 heteroatoms. The first-order valence-corrected chi connectivity index (χ1v) is 10.9. The Hall–Kier alpha value is -2.66. The number of nitrogens with zero attached hydrogens (tertiary/aromatic N) is 1. The summed E-state index contributed by atoms with van der Waals surface area (Å²) in [6.45, 7) is 5.43. The Morgan fingerprint density at radius 1 is 1.28 bits per heavy atom. The van der Waals surface area contributed by atoms with Gasteiger partial charge in [-0.25, -0.2) is 4.99 Å². The maximum atomic E-state index is 12.4. The van der Waals surface area contributed by atoms with Gasteiger partial charge in [0.25, 0.3) is 0 Å². The van der Waals surface area contributed by atoms with E-state index in [1.54, 1.807) is 13.1 Å². The van der Waals surface area contributed by atoms with E-state index in [1.165, 1.54) is 11.1 Å². The Morgan fingerprint density at radius 3 is 2.83 bits per heavy atom. The van der Waals surface area contributed by atoms with Gasteiger partial charge in [-0.05, 0) is 58.5 Å². The van der Waals surface area contributed by atoms with Crippen molar-refractivity contribution < 1.29 is 14.3 Å². The largest absolute Gasteiger partial charge is 0.456 e. The smallest absolute Gasteiger partial charge is 0.250 e. The molecule has 3 aliphatic rings.